The number of benzene rings is 1. The summed E-state index contributed by atoms with van der Waals surface area (Å²) in [6.07, 6.45) is -4.37. The fraction of sp³-hybridized carbons (Fsp3) is 0.556. The van der Waals surface area contributed by atoms with Crippen molar-refractivity contribution in [2.75, 3.05) is 39.3 Å². The lowest BCUT2D eigenvalue weighted by Crippen LogP contribution is -2.53. The summed E-state index contributed by atoms with van der Waals surface area (Å²) in [7, 11) is 0. The molecular weight excluding hydrogens is 361 g/mol. The third kappa shape index (κ3) is 6.99. The van der Waals surface area contributed by atoms with E-state index in [1.165, 1.54) is 6.07 Å². The second-order valence-corrected chi connectivity index (χ2v) is 6.21. The van der Waals surface area contributed by atoms with E-state index >= 15 is 0 Å². The summed E-state index contributed by atoms with van der Waals surface area (Å²) in [5.41, 5.74) is 0.757. The van der Waals surface area contributed by atoms with E-state index in [1.807, 2.05) is 6.92 Å². The van der Waals surface area contributed by atoms with E-state index in [9.17, 15) is 18.0 Å². The largest absolute Gasteiger partial charge is 0.484 e. The maximum atomic E-state index is 12.3. The molecule has 0 atom stereocenters. The quantitative estimate of drug-likeness (QED) is 0.623. The van der Waals surface area contributed by atoms with Crippen LogP contribution in [0.4, 0.5) is 13.2 Å². The molecule has 1 amide bonds. The zero-order valence-corrected chi connectivity index (χ0v) is 15.6. The zero-order chi connectivity index (χ0) is 19.9. The van der Waals surface area contributed by atoms with Crippen molar-refractivity contribution in [2.45, 2.75) is 26.6 Å². The maximum absolute atomic E-state index is 12.3. The van der Waals surface area contributed by atoms with Crippen LogP contribution in [0.5, 0.6) is 5.75 Å². The van der Waals surface area contributed by atoms with Crippen molar-refractivity contribution in [3.8, 4) is 5.75 Å². The van der Waals surface area contributed by atoms with Gasteiger partial charge in [0.25, 0.3) is 0 Å². The second kappa shape index (κ2) is 9.48. The molecule has 1 aliphatic rings. The first kappa shape index (κ1) is 20.9. The summed E-state index contributed by atoms with van der Waals surface area (Å²) in [5, 5.41) is 3.22. The molecular formula is C18H25F3N4O2. The molecule has 1 fully saturated rings. The number of carbonyl (C=O) groups is 1. The fourth-order valence-corrected chi connectivity index (χ4v) is 2.72. The zero-order valence-electron chi connectivity index (χ0n) is 15.6. The highest BCUT2D eigenvalue weighted by atomic mass is 19.4. The molecule has 0 spiro atoms. The van der Waals surface area contributed by atoms with Crippen molar-refractivity contribution in [3.05, 3.63) is 29.8 Å². The van der Waals surface area contributed by atoms with E-state index in [1.54, 1.807) is 30.0 Å². The maximum Gasteiger partial charge on any atom is 0.422 e. The Balaban J connectivity index is 1.99. The van der Waals surface area contributed by atoms with Crippen LogP contribution >= 0.6 is 0 Å². The highest BCUT2D eigenvalue weighted by Gasteiger charge is 2.28. The van der Waals surface area contributed by atoms with Gasteiger partial charge in [0, 0.05) is 39.6 Å². The Morgan fingerprint density at radius 3 is 2.48 bits per heavy atom. The van der Waals surface area contributed by atoms with Gasteiger partial charge < -0.3 is 19.9 Å². The van der Waals surface area contributed by atoms with Crippen molar-refractivity contribution < 1.29 is 22.7 Å². The topological polar surface area (TPSA) is 57.2 Å². The van der Waals surface area contributed by atoms with Crippen molar-refractivity contribution in [1.29, 1.82) is 0 Å². The minimum Gasteiger partial charge on any atom is -0.484 e. The van der Waals surface area contributed by atoms with Crippen molar-refractivity contribution in [3.63, 3.8) is 0 Å². The minimum absolute atomic E-state index is 0.0623. The van der Waals surface area contributed by atoms with Gasteiger partial charge >= 0.3 is 6.18 Å². The molecule has 0 aromatic heterocycles. The van der Waals surface area contributed by atoms with Crippen LogP contribution in [-0.2, 0) is 11.3 Å². The van der Waals surface area contributed by atoms with Crippen LogP contribution in [0.15, 0.2) is 29.3 Å². The van der Waals surface area contributed by atoms with Gasteiger partial charge in [0.1, 0.15) is 5.75 Å². The monoisotopic (exact) mass is 386 g/mol. The van der Waals surface area contributed by atoms with Crippen molar-refractivity contribution in [2.24, 2.45) is 4.99 Å². The van der Waals surface area contributed by atoms with E-state index in [4.69, 9.17) is 4.74 Å². The third-order valence-corrected chi connectivity index (χ3v) is 4.07. The molecule has 0 aliphatic carbocycles. The van der Waals surface area contributed by atoms with Gasteiger partial charge in [0.2, 0.25) is 5.91 Å². The first-order valence-corrected chi connectivity index (χ1v) is 8.85. The van der Waals surface area contributed by atoms with E-state index < -0.39 is 12.8 Å². The number of ether oxygens (including phenoxy) is 1. The molecule has 1 aliphatic heterocycles. The Hall–Kier alpha value is -2.45. The Labute approximate surface area is 157 Å². The smallest absolute Gasteiger partial charge is 0.422 e. The lowest BCUT2D eigenvalue weighted by atomic mass is 10.2. The van der Waals surface area contributed by atoms with Gasteiger partial charge in [0.05, 0.1) is 6.54 Å². The molecule has 27 heavy (non-hydrogen) atoms. The number of aliphatic imine (C=N–C) groups is 1. The minimum atomic E-state index is -4.37. The molecule has 1 N–H and O–H groups in total. The lowest BCUT2D eigenvalue weighted by Gasteiger charge is -2.36. The molecule has 150 valence electrons. The van der Waals surface area contributed by atoms with Crippen LogP contribution in [0.1, 0.15) is 19.4 Å². The summed E-state index contributed by atoms with van der Waals surface area (Å²) in [4.78, 5) is 19.9. The van der Waals surface area contributed by atoms with Crippen LogP contribution < -0.4 is 10.1 Å². The van der Waals surface area contributed by atoms with Gasteiger partial charge in [-0.15, -0.1) is 0 Å². The van der Waals surface area contributed by atoms with E-state index in [0.29, 0.717) is 39.3 Å². The standard InChI is InChI=1S/C18H25F3N4O2/c1-3-22-17(25-9-7-24(8-10-25)14(2)26)23-12-15-5-4-6-16(11-15)27-13-18(19,20)21/h4-6,11H,3,7-10,12-13H2,1-2H3,(H,22,23). The molecule has 0 unspecified atom stereocenters. The number of halogens is 3. The number of amides is 1. The summed E-state index contributed by atoms with van der Waals surface area (Å²) in [6, 6.07) is 6.49. The molecule has 1 heterocycles. The molecule has 1 saturated heterocycles. The van der Waals surface area contributed by atoms with Gasteiger partial charge in [-0.05, 0) is 24.6 Å². The van der Waals surface area contributed by atoms with E-state index in [-0.39, 0.29) is 11.7 Å². The highest BCUT2D eigenvalue weighted by Crippen LogP contribution is 2.19. The molecule has 1 aromatic carbocycles. The Morgan fingerprint density at radius 1 is 1.22 bits per heavy atom. The number of nitrogens with one attached hydrogen (secondary N) is 1. The Bertz CT molecular complexity index is 656. The Kier molecular flexibility index (Phi) is 7.32. The second-order valence-electron chi connectivity index (χ2n) is 6.21. The average molecular weight is 386 g/mol. The molecule has 0 radical (unpaired) electrons. The number of alkyl halides is 3. The average Bonchev–Trinajstić information content (AvgIpc) is 2.63. The van der Waals surface area contributed by atoms with Crippen LogP contribution in [-0.4, -0.2) is 67.2 Å². The van der Waals surface area contributed by atoms with Crippen molar-refractivity contribution in [1.82, 2.24) is 15.1 Å². The number of carbonyl (C=O) groups excluding carboxylic acids is 1. The first-order chi connectivity index (χ1) is 12.8. The van der Waals surface area contributed by atoms with Gasteiger partial charge in [-0.25, -0.2) is 4.99 Å². The van der Waals surface area contributed by atoms with E-state index in [2.05, 4.69) is 15.2 Å². The Morgan fingerprint density at radius 2 is 1.89 bits per heavy atom. The van der Waals surface area contributed by atoms with Crippen LogP contribution in [0.3, 0.4) is 0 Å². The summed E-state index contributed by atoms with van der Waals surface area (Å²) in [6.45, 7) is 5.86. The summed E-state index contributed by atoms with van der Waals surface area (Å²) in [5.74, 6) is 0.953. The van der Waals surface area contributed by atoms with Gasteiger partial charge in [-0.2, -0.15) is 13.2 Å². The predicted molar refractivity (Wildman–Crippen MR) is 96.6 cm³/mol. The summed E-state index contributed by atoms with van der Waals surface area (Å²) >= 11 is 0. The lowest BCUT2D eigenvalue weighted by molar-refractivity contribution is -0.153. The predicted octanol–water partition coefficient (Wildman–Crippen LogP) is 2.26. The number of hydrogen-bond donors (Lipinski definition) is 1. The molecule has 0 saturated carbocycles. The van der Waals surface area contributed by atoms with Gasteiger partial charge in [-0.3, -0.25) is 4.79 Å². The number of hydrogen-bond acceptors (Lipinski definition) is 3. The molecule has 6 nitrogen and oxygen atoms in total. The molecule has 9 heteroatoms. The number of piperazine rings is 1. The number of rotatable bonds is 5. The van der Waals surface area contributed by atoms with E-state index in [0.717, 1.165) is 11.5 Å². The van der Waals surface area contributed by atoms with Crippen LogP contribution in [0, 0.1) is 0 Å². The summed E-state index contributed by atoms with van der Waals surface area (Å²) < 4.78 is 41.6. The normalized spacial score (nSPS) is 15.7. The third-order valence-electron chi connectivity index (χ3n) is 4.07. The van der Waals surface area contributed by atoms with Gasteiger partial charge in [0.15, 0.2) is 12.6 Å². The van der Waals surface area contributed by atoms with Crippen molar-refractivity contribution >= 4 is 11.9 Å². The molecule has 0 bridgehead atoms. The number of nitrogens with zero attached hydrogens (tertiary/aromatic N) is 3. The number of guanidine groups is 1. The molecule has 2 rings (SSSR count). The van der Waals surface area contributed by atoms with Gasteiger partial charge in [-0.1, -0.05) is 12.1 Å². The fourth-order valence-electron chi connectivity index (χ4n) is 2.72. The molecule has 1 aromatic rings. The van der Waals surface area contributed by atoms with Crippen LogP contribution in [0.25, 0.3) is 0 Å². The highest BCUT2D eigenvalue weighted by molar-refractivity contribution is 5.80. The SMILES string of the molecule is CCNC(=NCc1cccc(OCC(F)(F)F)c1)N1CCN(C(C)=O)CC1. The van der Waals surface area contributed by atoms with Crippen LogP contribution in [0.2, 0.25) is 0 Å². The first-order valence-electron chi connectivity index (χ1n) is 8.85.